The first-order valence-corrected chi connectivity index (χ1v) is 5.31. The monoisotopic (exact) mass is 232 g/mol. The summed E-state index contributed by atoms with van der Waals surface area (Å²) in [6.07, 6.45) is 0. The van der Waals surface area contributed by atoms with Crippen molar-refractivity contribution in [3.05, 3.63) is 33.3 Å². The summed E-state index contributed by atoms with van der Waals surface area (Å²) in [6, 6.07) is 4.06. The molecule has 1 aromatic rings. The smallest absolute Gasteiger partial charge is 0.105 e. The SMILES string of the molecule is Cc1ccc(C[N+](C)(C)C)c(Cl)c1Cl. The van der Waals surface area contributed by atoms with Crippen LogP contribution in [-0.2, 0) is 6.54 Å². The Kier molecular flexibility index (Phi) is 3.46. The number of hydrogen-bond donors (Lipinski definition) is 0. The van der Waals surface area contributed by atoms with Gasteiger partial charge in [-0.25, -0.2) is 0 Å². The van der Waals surface area contributed by atoms with Crippen LogP contribution < -0.4 is 0 Å². The third kappa shape index (κ3) is 2.88. The van der Waals surface area contributed by atoms with Crippen LogP contribution >= 0.6 is 23.2 Å². The van der Waals surface area contributed by atoms with Crippen LogP contribution in [-0.4, -0.2) is 25.6 Å². The first-order valence-electron chi connectivity index (χ1n) is 4.55. The predicted molar refractivity (Wildman–Crippen MR) is 62.9 cm³/mol. The fourth-order valence-electron chi connectivity index (χ4n) is 1.32. The lowest BCUT2D eigenvalue weighted by Crippen LogP contribution is -2.33. The first-order chi connectivity index (χ1) is 6.31. The number of benzene rings is 1. The Morgan fingerprint density at radius 2 is 1.64 bits per heavy atom. The Hall–Kier alpha value is -0.240. The van der Waals surface area contributed by atoms with Gasteiger partial charge in [-0.3, -0.25) is 0 Å². The van der Waals surface area contributed by atoms with Gasteiger partial charge in [0.25, 0.3) is 0 Å². The number of aryl methyl sites for hydroxylation is 1. The molecule has 1 aromatic carbocycles. The van der Waals surface area contributed by atoms with Crippen LogP contribution in [0.3, 0.4) is 0 Å². The molecular weight excluding hydrogens is 217 g/mol. The van der Waals surface area contributed by atoms with Gasteiger partial charge < -0.3 is 4.48 Å². The minimum atomic E-state index is 0.678. The topological polar surface area (TPSA) is 0 Å². The van der Waals surface area contributed by atoms with E-state index in [1.54, 1.807) is 0 Å². The van der Waals surface area contributed by atoms with Crippen molar-refractivity contribution in [1.29, 1.82) is 0 Å². The van der Waals surface area contributed by atoms with Crippen molar-refractivity contribution in [3.63, 3.8) is 0 Å². The van der Waals surface area contributed by atoms with Crippen LogP contribution in [0.5, 0.6) is 0 Å². The summed E-state index contributed by atoms with van der Waals surface area (Å²) < 4.78 is 0.846. The zero-order valence-electron chi connectivity index (χ0n) is 9.06. The highest BCUT2D eigenvalue weighted by molar-refractivity contribution is 6.42. The van der Waals surface area contributed by atoms with Crippen molar-refractivity contribution < 1.29 is 4.48 Å². The molecular formula is C11H16Cl2N+. The van der Waals surface area contributed by atoms with E-state index < -0.39 is 0 Å². The summed E-state index contributed by atoms with van der Waals surface area (Å²) in [6.45, 7) is 2.85. The maximum Gasteiger partial charge on any atom is 0.105 e. The molecule has 78 valence electrons. The third-order valence-corrected chi connectivity index (χ3v) is 3.02. The maximum atomic E-state index is 6.16. The second kappa shape index (κ2) is 4.09. The predicted octanol–water partition coefficient (Wildman–Crippen LogP) is 3.51. The average Bonchev–Trinajstić information content (AvgIpc) is 2.04. The minimum Gasteiger partial charge on any atom is -0.327 e. The molecule has 1 nitrogen and oxygen atoms in total. The zero-order chi connectivity index (χ0) is 10.9. The number of hydrogen-bond acceptors (Lipinski definition) is 0. The second-order valence-electron chi connectivity index (χ2n) is 4.62. The van der Waals surface area contributed by atoms with Gasteiger partial charge in [0.1, 0.15) is 6.54 Å². The van der Waals surface area contributed by atoms with Gasteiger partial charge in [0.05, 0.1) is 31.2 Å². The molecule has 0 saturated heterocycles. The summed E-state index contributed by atoms with van der Waals surface area (Å²) in [4.78, 5) is 0. The van der Waals surface area contributed by atoms with E-state index in [0.717, 1.165) is 22.2 Å². The lowest BCUT2D eigenvalue weighted by atomic mass is 10.1. The van der Waals surface area contributed by atoms with E-state index in [-0.39, 0.29) is 0 Å². The Morgan fingerprint density at radius 3 is 2.14 bits per heavy atom. The van der Waals surface area contributed by atoms with Gasteiger partial charge in [-0.15, -0.1) is 0 Å². The lowest BCUT2D eigenvalue weighted by molar-refractivity contribution is -0.883. The molecule has 0 bridgehead atoms. The van der Waals surface area contributed by atoms with Crippen LogP contribution in [0.2, 0.25) is 10.0 Å². The van der Waals surface area contributed by atoms with E-state index in [1.165, 1.54) is 0 Å². The molecule has 0 aliphatic carbocycles. The highest BCUT2D eigenvalue weighted by Gasteiger charge is 2.14. The molecule has 0 N–H and O–H groups in total. The van der Waals surface area contributed by atoms with E-state index in [2.05, 4.69) is 21.1 Å². The first kappa shape index (κ1) is 11.8. The molecule has 0 heterocycles. The van der Waals surface area contributed by atoms with Crippen LogP contribution in [0.15, 0.2) is 12.1 Å². The van der Waals surface area contributed by atoms with Gasteiger partial charge in [0.15, 0.2) is 0 Å². The number of rotatable bonds is 2. The molecule has 0 spiro atoms. The van der Waals surface area contributed by atoms with Gasteiger partial charge in [0.2, 0.25) is 0 Å². The van der Waals surface area contributed by atoms with Crippen LogP contribution in [0.1, 0.15) is 11.1 Å². The summed E-state index contributed by atoms with van der Waals surface area (Å²) in [5.74, 6) is 0. The van der Waals surface area contributed by atoms with E-state index in [0.29, 0.717) is 10.0 Å². The van der Waals surface area contributed by atoms with Crippen molar-refractivity contribution in [3.8, 4) is 0 Å². The van der Waals surface area contributed by atoms with Crippen molar-refractivity contribution in [2.24, 2.45) is 0 Å². The Bertz CT molecular complexity index is 340. The minimum absolute atomic E-state index is 0.678. The highest BCUT2D eigenvalue weighted by atomic mass is 35.5. The molecule has 0 aromatic heterocycles. The van der Waals surface area contributed by atoms with Gasteiger partial charge in [-0.1, -0.05) is 35.3 Å². The lowest BCUT2D eigenvalue weighted by Gasteiger charge is -2.24. The molecule has 1 rings (SSSR count). The Morgan fingerprint density at radius 1 is 1.07 bits per heavy atom. The zero-order valence-corrected chi connectivity index (χ0v) is 10.6. The molecule has 0 unspecified atom stereocenters. The number of nitrogens with zero attached hydrogens (tertiary/aromatic N) is 1. The van der Waals surface area contributed by atoms with Crippen molar-refractivity contribution in [2.75, 3.05) is 21.1 Å². The third-order valence-electron chi connectivity index (χ3n) is 2.00. The maximum absolute atomic E-state index is 6.16. The van der Waals surface area contributed by atoms with E-state index in [4.69, 9.17) is 23.2 Å². The van der Waals surface area contributed by atoms with E-state index in [9.17, 15) is 0 Å². The van der Waals surface area contributed by atoms with Gasteiger partial charge >= 0.3 is 0 Å². The fourth-order valence-corrected chi connectivity index (χ4v) is 1.78. The van der Waals surface area contributed by atoms with Gasteiger partial charge in [-0.05, 0) is 12.5 Å². The molecule has 0 aliphatic heterocycles. The summed E-state index contributed by atoms with van der Waals surface area (Å²) in [5, 5.41) is 1.37. The standard InChI is InChI=1S/C11H16Cl2N/c1-8-5-6-9(7-14(2,3)4)11(13)10(8)12/h5-6H,7H2,1-4H3/q+1. The summed E-state index contributed by atoms with van der Waals surface area (Å²) in [7, 11) is 6.39. The Labute approximate surface area is 95.8 Å². The summed E-state index contributed by atoms with van der Waals surface area (Å²) >= 11 is 12.2. The van der Waals surface area contributed by atoms with E-state index >= 15 is 0 Å². The molecule has 0 radical (unpaired) electrons. The van der Waals surface area contributed by atoms with Crippen molar-refractivity contribution >= 4 is 23.2 Å². The van der Waals surface area contributed by atoms with Crippen molar-refractivity contribution in [1.82, 2.24) is 0 Å². The quantitative estimate of drug-likeness (QED) is 0.686. The number of quaternary nitrogens is 1. The largest absolute Gasteiger partial charge is 0.327 e. The molecule has 0 atom stereocenters. The second-order valence-corrected chi connectivity index (χ2v) is 5.37. The fraction of sp³-hybridized carbons (Fsp3) is 0.455. The highest BCUT2D eigenvalue weighted by Crippen LogP contribution is 2.30. The van der Waals surface area contributed by atoms with Gasteiger partial charge in [-0.2, -0.15) is 0 Å². The molecule has 0 amide bonds. The van der Waals surface area contributed by atoms with Crippen LogP contribution in [0.25, 0.3) is 0 Å². The normalized spacial score (nSPS) is 11.9. The molecule has 0 fully saturated rings. The molecule has 0 aliphatic rings. The van der Waals surface area contributed by atoms with Gasteiger partial charge in [0, 0.05) is 5.56 Å². The molecule has 0 saturated carbocycles. The average molecular weight is 233 g/mol. The molecule has 14 heavy (non-hydrogen) atoms. The number of halogens is 2. The van der Waals surface area contributed by atoms with Crippen molar-refractivity contribution in [2.45, 2.75) is 13.5 Å². The Balaban J connectivity index is 3.06. The molecule has 3 heteroatoms. The van der Waals surface area contributed by atoms with Crippen LogP contribution in [0.4, 0.5) is 0 Å². The summed E-state index contributed by atoms with van der Waals surface area (Å²) in [5.41, 5.74) is 2.14. The van der Waals surface area contributed by atoms with E-state index in [1.807, 2.05) is 19.1 Å². The van der Waals surface area contributed by atoms with Crippen LogP contribution in [0, 0.1) is 6.92 Å².